The van der Waals surface area contributed by atoms with Crippen molar-refractivity contribution in [3.05, 3.63) is 70.8 Å². The molecule has 0 saturated carbocycles. The summed E-state index contributed by atoms with van der Waals surface area (Å²) in [5, 5.41) is 9.68. The third kappa shape index (κ3) is 3.73. The second kappa shape index (κ2) is 8.26. The molecule has 0 bridgehead atoms. The summed E-state index contributed by atoms with van der Waals surface area (Å²) in [4.78, 5) is 45.3. The van der Waals surface area contributed by atoms with E-state index in [0.717, 1.165) is 31.5 Å². The van der Waals surface area contributed by atoms with Gasteiger partial charge in [-0.25, -0.2) is 5.10 Å². The van der Waals surface area contributed by atoms with Gasteiger partial charge in [0.05, 0.1) is 17.7 Å². The van der Waals surface area contributed by atoms with Crippen LogP contribution >= 0.6 is 0 Å². The van der Waals surface area contributed by atoms with Crippen molar-refractivity contribution < 1.29 is 14.4 Å². The molecule has 5 rings (SSSR count). The van der Waals surface area contributed by atoms with Crippen molar-refractivity contribution in [3.8, 4) is 0 Å². The summed E-state index contributed by atoms with van der Waals surface area (Å²) in [6, 6.07) is 13.6. The Morgan fingerprint density at radius 3 is 2.25 bits per heavy atom. The van der Waals surface area contributed by atoms with Gasteiger partial charge in [0.25, 0.3) is 17.7 Å². The van der Waals surface area contributed by atoms with Crippen molar-refractivity contribution in [2.24, 2.45) is 0 Å². The van der Waals surface area contributed by atoms with Gasteiger partial charge in [-0.05, 0) is 49.1 Å². The first-order valence-electron chi connectivity index (χ1n) is 10.6. The van der Waals surface area contributed by atoms with E-state index in [1.54, 1.807) is 48.5 Å². The predicted octanol–water partition coefficient (Wildman–Crippen LogP) is 2.84. The van der Waals surface area contributed by atoms with Crippen molar-refractivity contribution in [2.75, 3.05) is 23.3 Å². The van der Waals surface area contributed by atoms with Gasteiger partial charge in [0.15, 0.2) is 0 Å². The number of rotatable bonds is 5. The van der Waals surface area contributed by atoms with Crippen molar-refractivity contribution in [3.63, 3.8) is 0 Å². The Labute approximate surface area is 184 Å². The van der Waals surface area contributed by atoms with E-state index in [4.69, 9.17) is 0 Å². The maximum absolute atomic E-state index is 12.6. The molecule has 2 aromatic carbocycles. The smallest absolute Gasteiger partial charge is 0.261 e. The van der Waals surface area contributed by atoms with Crippen LogP contribution in [-0.2, 0) is 6.54 Å². The summed E-state index contributed by atoms with van der Waals surface area (Å²) in [5.41, 5.74) is 2.03. The van der Waals surface area contributed by atoms with Gasteiger partial charge in [0.1, 0.15) is 0 Å². The fraction of sp³-hybridized carbons (Fsp3) is 0.261. The number of anilines is 2. The number of benzene rings is 2. The predicted molar refractivity (Wildman–Crippen MR) is 117 cm³/mol. The Hall–Kier alpha value is -4.01. The quantitative estimate of drug-likeness (QED) is 0.602. The van der Waals surface area contributed by atoms with Crippen LogP contribution in [0.4, 0.5) is 11.9 Å². The molecule has 3 aromatic rings. The monoisotopic (exact) mass is 430 g/mol. The van der Waals surface area contributed by atoms with Gasteiger partial charge in [0.2, 0.25) is 11.9 Å². The number of nitrogens with zero attached hydrogens (tertiary/aromatic N) is 4. The Morgan fingerprint density at radius 1 is 0.938 bits per heavy atom. The Morgan fingerprint density at radius 2 is 1.59 bits per heavy atom. The molecule has 32 heavy (non-hydrogen) atoms. The fourth-order valence-corrected chi connectivity index (χ4v) is 4.05. The first-order chi connectivity index (χ1) is 15.6. The lowest BCUT2D eigenvalue weighted by atomic mass is 10.1. The van der Waals surface area contributed by atoms with Gasteiger partial charge in [-0.1, -0.05) is 24.3 Å². The van der Waals surface area contributed by atoms with Crippen LogP contribution in [0, 0.1) is 0 Å². The van der Waals surface area contributed by atoms with Crippen molar-refractivity contribution in [1.82, 2.24) is 20.1 Å². The van der Waals surface area contributed by atoms with Gasteiger partial charge in [-0.2, -0.15) is 4.98 Å². The van der Waals surface area contributed by atoms with Crippen molar-refractivity contribution in [1.29, 1.82) is 0 Å². The number of hydrogen-bond acceptors (Lipinski definition) is 6. The number of H-pyrrole nitrogens is 1. The molecule has 2 N–H and O–H groups in total. The maximum atomic E-state index is 12.6. The van der Waals surface area contributed by atoms with Gasteiger partial charge in [0, 0.05) is 18.7 Å². The van der Waals surface area contributed by atoms with Gasteiger partial charge in [-0.15, -0.1) is 5.10 Å². The number of piperidine rings is 1. The molecule has 9 nitrogen and oxygen atoms in total. The van der Waals surface area contributed by atoms with E-state index >= 15 is 0 Å². The van der Waals surface area contributed by atoms with Gasteiger partial charge >= 0.3 is 0 Å². The van der Waals surface area contributed by atoms with E-state index in [9.17, 15) is 14.4 Å². The highest BCUT2D eigenvalue weighted by Gasteiger charge is 2.34. The highest BCUT2D eigenvalue weighted by atomic mass is 16.2. The number of amides is 3. The highest BCUT2D eigenvalue weighted by molar-refractivity contribution is 6.21. The molecule has 3 heterocycles. The number of carbonyl (C=O) groups excluding carboxylic acids is 3. The average Bonchev–Trinajstić information content (AvgIpc) is 3.39. The van der Waals surface area contributed by atoms with Crippen molar-refractivity contribution in [2.45, 2.75) is 25.8 Å². The Balaban J connectivity index is 1.22. The summed E-state index contributed by atoms with van der Waals surface area (Å²) in [6.45, 7) is 1.98. The maximum Gasteiger partial charge on any atom is 0.261 e. The van der Waals surface area contributed by atoms with E-state index < -0.39 is 0 Å². The minimum absolute atomic E-state index is 0.148. The molecule has 0 atom stereocenters. The standard InChI is InChI=1S/C23H22N6O3/c30-19(24-22-25-23(27-26-22)28-12-4-1-5-13-28)16-10-8-15(9-11-16)14-29-20(31)17-6-2-3-7-18(17)21(29)32/h2-3,6-11H,1,4-5,12-14H2,(H2,24,25,26,27,30). The molecule has 162 valence electrons. The van der Waals surface area contributed by atoms with E-state index in [2.05, 4.69) is 25.4 Å². The number of imide groups is 1. The van der Waals surface area contributed by atoms with E-state index in [0.29, 0.717) is 28.6 Å². The number of nitrogens with one attached hydrogen (secondary N) is 2. The molecule has 2 aliphatic heterocycles. The summed E-state index contributed by atoms with van der Waals surface area (Å²) in [7, 11) is 0. The molecule has 2 aliphatic rings. The zero-order chi connectivity index (χ0) is 22.1. The van der Waals surface area contributed by atoms with Crippen LogP contribution in [0.1, 0.15) is 55.9 Å². The number of hydrogen-bond donors (Lipinski definition) is 2. The molecule has 1 saturated heterocycles. The third-order valence-electron chi connectivity index (χ3n) is 5.78. The number of aromatic nitrogens is 3. The average molecular weight is 430 g/mol. The highest BCUT2D eigenvalue weighted by Crippen LogP contribution is 2.24. The lowest BCUT2D eigenvalue weighted by Gasteiger charge is -2.24. The zero-order valence-corrected chi connectivity index (χ0v) is 17.4. The molecular formula is C23H22N6O3. The summed E-state index contributed by atoms with van der Waals surface area (Å²) < 4.78 is 0. The summed E-state index contributed by atoms with van der Waals surface area (Å²) in [6.07, 6.45) is 3.44. The summed E-state index contributed by atoms with van der Waals surface area (Å²) in [5.74, 6) is -0.0370. The van der Waals surface area contributed by atoms with Crippen LogP contribution < -0.4 is 10.2 Å². The molecule has 0 spiro atoms. The second-order valence-electron chi connectivity index (χ2n) is 7.92. The Kier molecular flexibility index (Phi) is 5.14. The molecule has 0 radical (unpaired) electrons. The number of carbonyl (C=O) groups is 3. The molecule has 3 amide bonds. The van der Waals surface area contributed by atoms with Crippen LogP contribution in [0.25, 0.3) is 0 Å². The number of fused-ring (bicyclic) bond motifs is 1. The van der Waals surface area contributed by atoms with Crippen LogP contribution in [0.5, 0.6) is 0 Å². The van der Waals surface area contributed by atoms with E-state index in [-0.39, 0.29) is 24.3 Å². The summed E-state index contributed by atoms with van der Waals surface area (Å²) >= 11 is 0. The third-order valence-corrected chi connectivity index (χ3v) is 5.78. The molecule has 9 heteroatoms. The zero-order valence-electron chi connectivity index (χ0n) is 17.4. The van der Waals surface area contributed by atoms with Crippen LogP contribution in [0.2, 0.25) is 0 Å². The minimum Gasteiger partial charge on any atom is -0.340 e. The van der Waals surface area contributed by atoms with Crippen LogP contribution in [0.3, 0.4) is 0 Å². The molecule has 1 fully saturated rings. The van der Waals surface area contributed by atoms with Crippen LogP contribution in [0.15, 0.2) is 48.5 Å². The first kappa shape index (κ1) is 19.9. The lowest BCUT2D eigenvalue weighted by Crippen LogP contribution is -2.30. The van der Waals surface area contributed by atoms with E-state index in [1.165, 1.54) is 11.3 Å². The SMILES string of the molecule is O=C(Nc1nc(N2CCCCC2)n[nH]1)c1ccc(CN2C(=O)c3ccccc3C2=O)cc1. The van der Waals surface area contributed by atoms with Crippen LogP contribution in [-0.4, -0.2) is 50.9 Å². The molecule has 0 aliphatic carbocycles. The largest absolute Gasteiger partial charge is 0.340 e. The molecule has 0 unspecified atom stereocenters. The van der Waals surface area contributed by atoms with E-state index in [1.807, 2.05) is 0 Å². The van der Waals surface area contributed by atoms with Gasteiger partial charge in [-0.3, -0.25) is 24.6 Å². The second-order valence-corrected chi connectivity index (χ2v) is 7.92. The molecule has 1 aromatic heterocycles. The first-order valence-corrected chi connectivity index (χ1v) is 10.6. The van der Waals surface area contributed by atoms with Crippen molar-refractivity contribution >= 4 is 29.6 Å². The number of aromatic amines is 1. The van der Waals surface area contributed by atoms with Gasteiger partial charge < -0.3 is 4.90 Å². The Bertz CT molecular complexity index is 1150. The fourth-order valence-electron chi connectivity index (χ4n) is 4.05. The normalized spacial score (nSPS) is 15.8. The lowest BCUT2D eigenvalue weighted by molar-refractivity contribution is 0.0642. The molecular weight excluding hydrogens is 408 g/mol. The topological polar surface area (TPSA) is 111 Å². The minimum atomic E-state index is -0.321.